The third kappa shape index (κ3) is 4.30. The Kier molecular flexibility index (Phi) is 5.86. The number of ether oxygens (including phenoxy) is 1. The number of halogens is 1. The fourth-order valence-electron chi connectivity index (χ4n) is 2.99. The van der Waals surface area contributed by atoms with Crippen molar-refractivity contribution in [3.05, 3.63) is 63.6 Å². The molecular formula is C22H18ClN3O5S. The van der Waals surface area contributed by atoms with Crippen molar-refractivity contribution in [3.8, 4) is 17.1 Å². The highest BCUT2D eigenvalue weighted by molar-refractivity contribution is 7.08. The number of carboxylic acids is 1. The standard InChI is InChI=1S/C22H18ClN3O5S/c1-22(2,21(28)29)25-20(27)15-9-16(23)13-5-3-4-6-14(13)18(15)30-10-17-24-19(26-31-17)12-7-8-32-11-12/h3-9,11H,10H2,1-2H3,(H,25,27)(H,28,29). The lowest BCUT2D eigenvalue weighted by atomic mass is 10.0. The zero-order valence-electron chi connectivity index (χ0n) is 17.1. The number of hydrogen-bond acceptors (Lipinski definition) is 7. The van der Waals surface area contributed by atoms with Crippen LogP contribution in [0.15, 0.2) is 51.7 Å². The number of aromatic nitrogens is 2. The lowest BCUT2D eigenvalue weighted by Crippen LogP contribution is -2.49. The SMILES string of the molecule is CC(C)(NC(=O)c1cc(Cl)c2ccccc2c1OCc1nc(-c2ccsc2)no1)C(=O)O. The maximum atomic E-state index is 13.0. The van der Waals surface area contributed by atoms with Crippen molar-refractivity contribution in [2.24, 2.45) is 0 Å². The number of carboxylic acid groups (broad SMARTS) is 1. The van der Waals surface area contributed by atoms with E-state index in [1.54, 1.807) is 18.2 Å². The number of nitrogens with zero attached hydrogens (tertiary/aromatic N) is 2. The number of nitrogens with one attached hydrogen (secondary N) is 1. The van der Waals surface area contributed by atoms with Crippen molar-refractivity contribution in [2.75, 3.05) is 0 Å². The first-order valence-corrected chi connectivity index (χ1v) is 10.8. The van der Waals surface area contributed by atoms with E-state index in [0.29, 0.717) is 21.6 Å². The number of aliphatic carboxylic acids is 1. The van der Waals surface area contributed by atoms with Gasteiger partial charge in [-0.1, -0.05) is 41.0 Å². The Morgan fingerprint density at radius 3 is 2.69 bits per heavy atom. The second-order valence-electron chi connectivity index (χ2n) is 7.48. The maximum Gasteiger partial charge on any atom is 0.328 e. The molecule has 8 nitrogen and oxygen atoms in total. The fourth-order valence-corrected chi connectivity index (χ4v) is 3.90. The van der Waals surface area contributed by atoms with Crippen LogP contribution in [0.1, 0.15) is 30.1 Å². The number of benzene rings is 2. The van der Waals surface area contributed by atoms with Crippen molar-refractivity contribution in [1.29, 1.82) is 0 Å². The van der Waals surface area contributed by atoms with E-state index < -0.39 is 17.4 Å². The van der Waals surface area contributed by atoms with Gasteiger partial charge in [0.25, 0.3) is 11.8 Å². The topological polar surface area (TPSA) is 115 Å². The molecular weight excluding hydrogens is 454 g/mol. The number of amides is 1. The minimum atomic E-state index is -1.49. The van der Waals surface area contributed by atoms with Gasteiger partial charge in [-0.3, -0.25) is 4.79 Å². The number of carbonyl (C=O) groups excluding carboxylic acids is 1. The number of thiophene rings is 1. The predicted molar refractivity (Wildman–Crippen MR) is 120 cm³/mol. The summed E-state index contributed by atoms with van der Waals surface area (Å²) in [6, 6.07) is 10.5. The molecule has 164 valence electrons. The molecule has 0 saturated heterocycles. The van der Waals surface area contributed by atoms with Gasteiger partial charge in [0.05, 0.1) is 5.56 Å². The van der Waals surface area contributed by atoms with Crippen molar-refractivity contribution in [3.63, 3.8) is 0 Å². The fraction of sp³-hybridized carbons (Fsp3) is 0.182. The third-order valence-corrected chi connectivity index (χ3v) is 5.73. The van der Waals surface area contributed by atoms with Gasteiger partial charge in [0.2, 0.25) is 5.82 Å². The van der Waals surface area contributed by atoms with Crippen LogP contribution in [-0.4, -0.2) is 32.7 Å². The molecule has 2 N–H and O–H groups in total. The van der Waals surface area contributed by atoms with E-state index in [1.807, 2.05) is 22.9 Å². The molecule has 0 aliphatic rings. The summed E-state index contributed by atoms with van der Waals surface area (Å²) in [5, 5.41) is 21.2. The predicted octanol–water partition coefficient (Wildman–Crippen LogP) is 4.78. The Hall–Kier alpha value is -3.43. The van der Waals surface area contributed by atoms with Crippen molar-refractivity contribution in [1.82, 2.24) is 15.5 Å². The summed E-state index contributed by atoms with van der Waals surface area (Å²) in [6.07, 6.45) is 0. The Bertz CT molecular complexity index is 1300. The summed E-state index contributed by atoms with van der Waals surface area (Å²) in [5.74, 6) is -0.912. The van der Waals surface area contributed by atoms with Crippen LogP contribution < -0.4 is 10.1 Å². The molecule has 0 aliphatic heterocycles. The molecule has 4 aromatic rings. The molecule has 0 aliphatic carbocycles. The van der Waals surface area contributed by atoms with E-state index >= 15 is 0 Å². The highest BCUT2D eigenvalue weighted by Crippen LogP contribution is 2.36. The Balaban J connectivity index is 1.69. The third-order valence-electron chi connectivity index (χ3n) is 4.74. The van der Waals surface area contributed by atoms with Gasteiger partial charge in [0.15, 0.2) is 6.61 Å². The van der Waals surface area contributed by atoms with E-state index in [1.165, 1.54) is 31.3 Å². The van der Waals surface area contributed by atoms with Gasteiger partial charge in [-0.2, -0.15) is 16.3 Å². The zero-order valence-corrected chi connectivity index (χ0v) is 18.7. The van der Waals surface area contributed by atoms with Gasteiger partial charge < -0.3 is 19.7 Å². The van der Waals surface area contributed by atoms with Gasteiger partial charge in [0, 0.05) is 26.7 Å². The summed E-state index contributed by atoms with van der Waals surface area (Å²) in [4.78, 5) is 28.8. The molecule has 0 atom stereocenters. The normalized spacial score (nSPS) is 11.5. The molecule has 0 radical (unpaired) electrons. The van der Waals surface area contributed by atoms with Crippen molar-refractivity contribution < 1.29 is 24.0 Å². The molecule has 2 aromatic carbocycles. The van der Waals surface area contributed by atoms with E-state index in [0.717, 1.165) is 5.56 Å². The average molecular weight is 472 g/mol. The van der Waals surface area contributed by atoms with E-state index in [-0.39, 0.29) is 23.8 Å². The smallest absolute Gasteiger partial charge is 0.328 e. The van der Waals surface area contributed by atoms with Crippen molar-refractivity contribution >= 4 is 45.6 Å². The minimum absolute atomic E-state index is 0.0919. The summed E-state index contributed by atoms with van der Waals surface area (Å²) >= 11 is 7.91. The number of carbonyl (C=O) groups is 2. The lowest BCUT2D eigenvalue weighted by molar-refractivity contribution is -0.143. The van der Waals surface area contributed by atoms with Crippen LogP contribution in [0.5, 0.6) is 5.75 Å². The molecule has 4 rings (SSSR count). The van der Waals surface area contributed by atoms with Gasteiger partial charge in [-0.15, -0.1) is 0 Å². The quantitative estimate of drug-likeness (QED) is 0.398. The first kappa shape index (κ1) is 21.8. The number of fused-ring (bicyclic) bond motifs is 1. The zero-order chi connectivity index (χ0) is 22.9. The minimum Gasteiger partial charge on any atom is -0.482 e. The van der Waals surface area contributed by atoms with Gasteiger partial charge in [0.1, 0.15) is 11.3 Å². The van der Waals surface area contributed by atoms with Crippen LogP contribution in [0.2, 0.25) is 5.02 Å². The first-order chi connectivity index (χ1) is 15.3. The second kappa shape index (κ2) is 8.60. The number of rotatable bonds is 7. The summed E-state index contributed by atoms with van der Waals surface area (Å²) in [5.41, 5.74) is -0.562. The molecule has 0 saturated carbocycles. The molecule has 2 aromatic heterocycles. The number of hydrogen-bond donors (Lipinski definition) is 2. The van der Waals surface area contributed by atoms with Crippen molar-refractivity contribution in [2.45, 2.75) is 26.0 Å². The van der Waals surface area contributed by atoms with E-state index in [2.05, 4.69) is 15.5 Å². The van der Waals surface area contributed by atoms with Gasteiger partial charge in [-0.05, 0) is 31.4 Å². The Morgan fingerprint density at radius 1 is 1.25 bits per heavy atom. The maximum absolute atomic E-state index is 13.0. The van der Waals surface area contributed by atoms with Crippen LogP contribution in [0.4, 0.5) is 0 Å². The summed E-state index contributed by atoms with van der Waals surface area (Å²) in [7, 11) is 0. The highest BCUT2D eigenvalue weighted by Gasteiger charge is 2.31. The second-order valence-corrected chi connectivity index (χ2v) is 8.66. The molecule has 0 fully saturated rings. The van der Waals surface area contributed by atoms with E-state index in [9.17, 15) is 14.7 Å². The largest absolute Gasteiger partial charge is 0.482 e. The molecule has 32 heavy (non-hydrogen) atoms. The Morgan fingerprint density at radius 2 is 2.00 bits per heavy atom. The van der Waals surface area contributed by atoms with E-state index in [4.69, 9.17) is 20.9 Å². The lowest BCUT2D eigenvalue weighted by Gasteiger charge is -2.22. The molecule has 0 spiro atoms. The molecule has 0 unspecified atom stereocenters. The average Bonchev–Trinajstić information content (AvgIpc) is 3.44. The molecule has 2 heterocycles. The Labute approximate surface area is 191 Å². The summed E-state index contributed by atoms with van der Waals surface area (Å²) < 4.78 is 11.2. The van der Waals surface area contributed by atoms with Crippen LogP contribution in [0.25, 0.3) is 22.2 Å². The molecule has 1 amide bonds. The van der Waals surface area contributed by atoms with Crippen LogP contribution in [0.3, 0.4) is 0 Å². The van der Waals surface area contributed by atoms with Crippen LogP contribution >= 0.6 is 22.9 Å². The van der Waals surface area contributed by atoms with Gasteiger partial charge >= 0.3 is 5.97 Å². The monoisotopic (exact) mass is 471 g/mol. The van der Waals surface area contributed by atoms with Crippen LogP contribution in [-0.2, 0) is 11.4 Å². The molecule has 0 bridgehead atoms. The first-order valence-electron chi connectivity index (χ1n) is 9.51. The van der Waals surface area contributed by atoms with Gasteiger partial charge in [-0.25, -0.2) is 4.79 Å². The molecule has 10 heteroatoms. The summed E-state index contributed by atoms with van der Waals surface area (Å²) in [6.45, 7) is 2.69. The van der Waals surface area contributed by atoms with Crippen LogP contribution in [0, 0.1) is 0 Å². The highest BCUT2D eigenvalue weighted by atomic mass is 35.5.